The molecule has 0 aliphatic carbocycles. The van der Waals surface area contributed by atoms with Gasteiger partial charge >= 0.3 is 6.09 Å². The molecule has 30 heavy (non-hydrogen) atoms. The number of methoxy groups -OCH3 is 1. The molecule has 0 bridgehead atoms. The molecule has 1 amide bonds. The number of amides is 1. The van der Waals surface area contributed by atoms with Crippen molar-refractivity contribution in [3.05, 3.63) is 11.0 Å². The number of anilines is 1. The van der Waals surface area contributed by atoms with Crippen molar-refractivity contribution < 1.29 is 18.7 Å². The number of pyridine rings is 1. The van der Waals surface area contributed by atoms with Gasteiger partial charge in [-0.1, -0.05) is 23.4 Å². The molecule has 11 heteroatoms. The van der Waals surface area contributed by atoms with Crippen LogP contribution in [0.2, 0.25) is 5.15 Å². The Hall–Kier alpha value is -2.07. The standard InChI is InChI=1S/C19H27ClFN5O3S/c1-8-26(10-9-25(5)18(27)29-19(2,3)4)15-11-13(22-17(24-15)30-7)12(21)14(20)23-16(11)28-6/h8-10H2,1-7H3. The van der Waals surface area contributed by atoms with Crippen LogP contribution in [0.25, 0.3) is 10.9 Å². The quantitative estimate of drug-likeness (QED) is 0.345. The fourth-order valence-corrected chi connectivity index (χ4v) is 3.19. The van der Waals surface area contributed by atoms with Gasteiger partial charge in [-0.2, -0.15) is 4.98 Å². The summed E-state index contributed by atoms with van der Waals surface area (Å²) in [4.78, 5) is 28.5. The predicted octanol–water partition coefficient (Wildman–Crippen LogP) is 4.24. The zero-order chi connectivity index (χ0) is 22.6. The minimum Gasteiger partial charge on any atom is -0.480 e. The average Bonchev–Trinajstić information content (AvgIpc) is 2.69. The van der Waals surface area contributed by atoms with E-state index >= 15 is 0 Å². The van der Waals surface area contributed by atoms with E-state index < -0.39 is 17.5 Å². The molecule has 0 saturated carbocycles. The minimum atomic E-state index is -0.728. The number of nitrogens with zero attached hydrogens (tertiary/aromatic N) is 5. The Morgan fingerprint density at radius 1 is 1.23 bits per heavy atom. The monoisotopic (exact) mass is 459 g/mol. The first-order valence-electron chi connectivity index (χ1n) is 9.36. The maximum atomic E-state index is 14.7. The molecule has 2 rings (SSSR count). The van der Waals surface area contributed by atoms with Crippen molar-refractivity contribution in [3.8, 4) is 5.88 Å². The van der Waals surface area contributed by atoms with Gasteiger partial charge in [0.25, 0.3) is 0 Å². The summed E-state index contributed by atoms with van der Waals surface area (Å²) in [5, 5.41) is 0.405. The van der Waals surface area contributed by atoms with Gasteiger partial charge in [-0.15, -0.1) is 0 Å². The van der Waals surface area contributed by atoms with Gasteiger partial charge in [0, 0.05) is 26.7 Å². The average molecular weight is 460 g/mol. The summed E-state index contributed by atoms with van der Waals surface area (Å²) in [5.41, 5.74) is -0.540. The van der Waals surface area contributed by atoms with Crippen LogP contribution in [0.4, 0.5) is 15.0 Å². The number of halogens is 2. The third kappa shape index (κ3) is 5.54. The third-order valence-corrected chi connectivity index (χ3v) is 4.94. The summed E-state index contributed by atoms with van der Waals surface area (Å²) in [6.07, 6.45) is 1.38. The van der Waals surface area contributed by atoms with Crippen molar-refractivity contribution in [2.45, 2.75) is 38.5 Å². The van der Waals surface area contributed by atoms with Crippen LogP contribution in [0.15, 0.2) is 5.16 Å². The number of hydrogen-bond donors (Lipinski definition) is 0. The maximum Gasteiger partial charge on any atom is 0.410 e. The molecule has 0 spiro atoms. The number of thioether (sulfide) groups is 1. The number of fused-ring (bicyclic) bond motifs is 1. The molecule has 0 saturated heterocycles. The summed E-state index contributed by atoms with van der Waals surface area (Å²) in [7, 11) is 3.09. The lowest BCUT2D eigenvalue weighted by Gasteiger charge is -2.28. The van der Waals surface area contributed by atoms with Gasteiger partial charge < -0.3 is 19.3 Å². The highest BCUT2D eigenvalue weighted by Crippen LogP contribution is 2.36. The van der Waals surface area contributed by atoms with E-state index in [0.29, 0.717) is 36.0 Å². The van der Waals surface area contributed by atoms with Gasteiger partial charge in [0.1, 0.15) is 22.3 Å². The van der Waals surface area contributed by atoms with Crippen LogP contribution in [0.5, 0.6) is 5.88 Å². The first-order valence-corrected chi connectivity index (χ1v) is 11.0. The van der Waals surface area contributed by atoms with Crippen LogP contribution in [0, 0.1) is 5.82 Å². The van der Waals surface area contributed by atoms with Gasteiger partial charge in [0.2, 0.25) is 5.88 Å². The van der Waals surface area contributed by atoms with Crippen molar-refractivity contribution in [1.82, 2.24) is 19.9 Å². The summed E-state index contributed by atoms with van der Waals surface area (Å²) in [5.74, 6) is -0.129. The first kappa shape index (κ1) is 24.2. The number of aromatic nitrogens is 3. The van der Waals surface area contributed by atoms with E-state index in [-0.39, 0.29) is 16.5 Å². The lowest BCUT2D eigenvalue weighted by molar-refractivity contribution is 0.0303. The van der Waals surface area contributed by atoms with Crippen molar-refractivity contribution >= 4 is 46.2 Å². The van der Waals surface area contributed by atoms with E-state index in [1.165, 1.54) is 23.8 Å². The fourth-order valence-electron chi connectivity index (χ4n) is 2.66. The molecule has 0 N–H and O–H groups in total. The molecular formula is C19H27ClFN5O3S. The van der Waals surface area contributed by atoms with Crippen molar-refractivity contribution in [3.63, 3.8) is 0 Å². The Labute approximate surface area is 185 Å². The topological polar surface area (TPSA) is 80.7 Å². The molecular weight excluding hydrogens is 433 g/mol. The van der Waals surface area contributed by atoms with Crippen molar-refractivity contribution in [1.29, 1.82) is 0 Å². The second-order valence-corrected chi connectivity index (χ2v) is 8.60. The van der Waals surface area contributed by atoms with E-state index in [0.717, 1.165) is 0 Å². The maximum absolute atomic E-state index is 14.7. The van der Waals surface area contributed by atoms with Crippen LogP contribution in [0.3, 0.4) is 0 Å². The normalized spacial score (nSPS) is 11.5. The number of rotatable bonds is 7. The van der Waals surface area contributed by atoms with Crippen LogP contribution in [-0.2, 0) is 4.74 Å². The van der Waals surface area contributed by atoms with Crippen LogP contribution < -0.4 is 9.64 Å². The van der Waals surface area contributed by atoms with Crippen LogP contribution >= 0.6 is 23.4 Å². The van der Waals surface area contributed by atoms with E-state index in [4.69, 9.17) is 21.1 Å². The lowest BCUT2D eigenvalue weighted by Crippen LogP contribution is -2.39. The van der Waals surface area contributed by atoms with Gasteiger partial charge in [-0.05, 0) is 34.0 Å². The fraction of sp³-hybridized carbons (Fsp3) is 0.579. The Morgan fingerprint density at radius 3 is 2.43 bits per heavy atom. The van der Waals surface area contributed by atoms with Gasteiger partial charge in [-0.3, -0.25) is 0 Å². The molecule has 2 heterocycles. The Morgan fingerprint density at radius 2 is 1.90 bits per heavy atom. The second kappa shape index (κ2) is 9.82. The molecule has 0 unspecified atom stereocenters. The van der Waals surface area contributed by atoms with Crippen molar-refractivity contribution in [2.24, 2.45) is 0 Å². The molecule has 0 atom stereocenters. The van der Waals surface area contributed by atoms with Gasteiger partial charge in [0.15, 0.2) is 16.1 Å². The molecule has 0 radical (unpaired) electrons. The number of carbonyl (C=O) groups is 1. The first-order chi connectivity index (χ1) is 14.0. The molecule has 2 aromatic heterocycles. The molecule has 8 nitrogen and oxygen atoms in total. The highest BCUT2D eigenvalue weighted by molar-refractivity contribution is 7.98. The van der Waals surface area contributed by atoms with E-state index in [1.54, 1.807) is 13.3 Å². The molecule has 0 aliphatic heterocycles. The van der Waals surface area contributed by atoms with E-state index in [2.05, 4.69) is 15.0 Å². The molecule has 2 aromatic rings. The SMILES string of the molecule is CCN(CCN(C)C(=O)OC(C)(C)C)c1nc(SC)nc2c(F)c(Cl)nc(OC)c12. The molecule has 166 valence electrons. The lowest BCUT2D eigenvalue weighted by atomic mass is 10.2. The molecule has 0 aromatic carbocycles. The zero-order valence-corrected chi connectivity index (χ0v) is 19.8. The Bertz CT molecular complexity index is 925. The summed E-state index contributed by atoms with van der Waals surface area (Å²) in [6.45, 7) is 8.73. The van der Waals surface area contributed by atoms with Gasteiger partial charge in [-0.25, -0.2) is 19.2 Å². The number of likely N-dealkylation sites (N-methyl/N-ethyl adjacent to an activating group) is 2. The summed E-state index contributed by atoms with van der Waals surface area (Å²) < 4.78 is 25.4. The van der Waals surface area contributed by atoms with E-state index in [9.17, 15) is 9.18 Å². The van der Waals surface area contributed by atoms with Gasteiger partial charge in [0.05, 0.1) is 7.11 Å². The zero-order valence-electron chi connectivity index (χ0n) is 18.2. The summed E-state index contributed by atoms with van der Waals surface area (Å²) in [6, 6.07) is 0. The Balaban J connectivity index is 2.43. The molecule has 0 fully saturated rings. The summed E-state index contributed by atoms with van der Waals surface area (Å²) >= 11 is 7.20. The number of hydrogen-bond acceptors (Lipinski definition) is 8. The largest absolute Gasteiger partial charge is 0.480 e. The predicted molar refractivity (Wildman–Crippen MR) is 117 cm³/mol. The highest BCUT2D eigenvalue weighted by Gasteiger charge is 2.24. The van der Waals surface area contributed by atoms with Crippen LogP contribution in [-0.4, -0.2) is 71.6 Å². The Kier molecular flexibility index (Phi) is 7.93. The smallest absolute Gasteiger partial charge is 0.410 e. The van der Waals surface area contributed by atoms with E-state index in [1.807, 2.05) is 32.6 Å². The number of carbonyl (C=O) groups excluding carboxylic acids is 1. The third-order valence-electron chi connectivity index (χ3n) is 4.14. The minimum absolute atomic E-state index is 0.0418. The molecule has 0 aliphatic rings. The van der Waals surface area contributed by atoms with Crippen molar-refractivity contribution in [2.75, 3.05) is 44.9 Å². The van der Waals surface area contributed by atoms with Crippen LogP contribution in [0.1, 0.15) is 27.7 Å². The second-order valence-electron chi connectivity index (χ2n) is 7.46. The number of ether oxygens (including phenoxy) is 2. The highest BCUT2D eigenvalue weighted by atomic mass is 35.5.